The summed E-state index contributed by atoms with van der Waals surface area (Å²) in [4.78, 5) is 13.4. The number of nitrogens with zero attached hydrogens (tertiary/aromatic N) is 1. The average molecular weight is 626 g/mol. The summed E-state index contributed by atoms with van der Waals surface area (Å²) in [5.41, 5.74) is 1.81. The Hall–Kier alpha value is -2.32. The molecule has 8 nitrogen and oxygen atoms in total. The number of carbonyl (C=O) groups excluding carboxylic acids is 1. The fourth-order valence-corrected chi connectivity index (χ4v) is 18.0. The topological polar surface area (TPSA) is 88.4 Å². The van der Waals surface area contributed by atoms with Gasteiger partial charge in [-0.2, -0.15) is 0 Å². The number of para-hydroxylation sites is 1. The maximum atomic E-state index is 13.4. The Morgan fingerprint density at radius 3 is 2.09 bits per heavy atom. The number of aromatic nitrogens is 1. The highest BCUT2D eigenvalue weighted by molar-refractivity contribution is 6.84. The monoisotopic (exact) mass is 625 g/mol. The molecule has 0 spiro atoms. The third-order valence-corrected chi connectivity index (χ3v) is 19.4. The fraction of sp³-hybridized carbons (Fsp3) is 0.545. The number of aliphatic hydroxyl groups is 1. The zero-order chi connectivity index (χ0) is 31.1. The fourth-order valence-electron chi connectivity index (χ4n) is 6.77. The molecule has 1 aromatic heterocycles. The Labute approximate surface area is 257 Å². The van der Waals surface area contributed by atoms with Gasteiger partial charge in [-0.15, -0.1) is 0 Å². The van der Waals surface area contributed by atoms with Gasteiger partial charge in [0.25, 0.3) is 0 Å². The third kappa shape index (κ3) is 5.79. The highest BCUT2D eigenvalue weighted by Crippen LogP contribution is 2.48. The molecule has 0 aliphatic carbocycles. The molecule has 234 valence electrons. The van der Waals surface area contributed by atoms with Crippen LogP contribution in [0.15, 0.2) is 66.9 Å². The van der Waals surface area contributed by atoms with Crippen LogP contribution in [-0.2, 0) is 22.4 Å². The van der Waals surface area contributed by atoms with Crippen LogP contribution in [0.4, 0.5) is 0 Å². The lowest BCUT2D eigenvalue weighted by atomic mass is 9.97. The number of hydrogen-bond donors (Lipinski definition) is 1. The second kappa shape index (κ2) is 12.6. The minimum absolute atomic E-state index is 0.0721. The van der Waals surface area contributed by atoms with E-state index in [1.807, 2.05) is 47.2 Å². The minimum atomic E-state index is -3.05. The molecule has 2 aliphatic rings. The lowest BCUT2D eigenvalue weighted by molar-refractivity contribution is -0.250. The number of esters is 1. The minimum Gasteiger partial charge on any atom is -0.451 e. The summed E-state index contributed by atoms with van der Waals surface area (Å²) in [6.07, 6.45) is -2.55. The van der Waals surface area contributed by atoms with Gasteiger partial charge < -0.3 is 32.1 Å². The van der Waals surface area contributed by atoms with Gasteiger partial charge >= 0.3 is 23.1 Å². The summed E-state index contributed by atoms with van der Waals surface area (Å²) in [6.45, 7) is 17.5. The molecule has 5 atom stereocenters. The quantitative estimate of drug-likeness (QED) is 0.222. The molecular formula is C33H47NO7Si2. The Kier molecular flexibility index (Phi) is 9.39. The van der Waals surface area contributed by atoms with Crippen molar-refractivity contribution in [2.75, 3.05) is 6.61 Å². The first-order valence-electron chi connectivity index (χ1n) is 15.6. The van der Waals surface area contributed by atoms with Gasteiger partial charge in [-0.05, 0) is 51.8 Å². The van der Waals surface area contributed by atoms with Crippen molar-refractivity contribution >= 4 is 34.0 Å². The van der Waals surface area contributed by atoms with Gasteiger partial charge in [0.1, 0.15) is 18.3 Å². The summed E-state index contributed by atoms with van der Waals surface area (Å²) in [6, 6.07) is 18.8. The maximum absolute atomic E-state index is 13.4. The Bertz CT molecular complexity index is 1380. The molecule has 0 radical (unpaired) electrons. The number of fused-ring (bicyclic) bond motifs is 2. The molecule has 5 rings (SSSR count). The van der Waals surface area contributed by atoms with E-state index in [2.05, 4.69) is 55.4 Å². The zero-order valence-corrected chi connectivity index (χ0v) is 28.6. The first-order valence-corrected chi connectivity index (χ1v) is 19.5. The van der Waals surface area contributed by atoms with Crippen LogP contribution >= 0.6 is 0 Å². The van der Waals surface area contributed by atoms with Gasteiger partial charge in [0, 0.05) is 6.20 Å². The van der Waals surface area contributed by atoms with Gasteiger partial charge in [0.15, 0.2) is 12.3 Å². The summed E-state index contributed by atoms with van der Waals surface area (Å²) in [7, 11) is -5.86. The summed E-state index contributed by atoms with van der Waals surface area (Å²) >= 11 is 0. The zero-order valence-electron chi connectivity index (χ0n) is 26.6. The lowest BCUT2D eigenvalue weighted by Gasteiger charge is -2.55. The third-order valence-electron chi connectivity index (χ3n) is 9.12. The molecule has 43 heavy (non-hydrogen) atoms. The van der Waals surface area contributed by atoms with Crippen molar-refractivity contribution in [1.29, 1.82) is 0 Å². The van der Waals surface area contributed by atoms with E-state index in [0.717, 1.165) is 10.9 Å². The second-order valence-corrected chi connectivity index (χ2v) is 22.0. The lowest BCUT2D eigenvalue weighted by Crippen LogP contribution is -2.69. The number of aliphatic hydroxyl groups excluding tert-OH is 1. The maximum Gasteiger partial charge on any atom is 0.338 e. The summed E-state index contributed by atoms with van der Waals surface area (Å²) in [5.74, 6) is -0.534. The SMILES string of the molecule is CC(C)[Si]1(C(C)C)OCC2O[C@@H](n3ccc4ccccc43)C(OC(=O)c3ccccc3)C(O)[C@@H]2O[Si](C(C)C)(C(C)C)O1. The van der Waals surface area contributed by atoms with E-state index in [0.29, 0.717) is 5.56 Å². The van der Waals surface area contributed by atoms with Crippen LogP contribution in [0.1, 0.15) is 72.0 Å². The standard InChI is InChI=1S/C33H47NO7Si2/c1-21(2)42(22(3)4)37-20-28-30(40-43(41-42,23(5)6)24(7)8)29(35)31(39-33(36)26-15-10-9-11-16-26)32(38-28)34-19-18-25-14-12-13-17-27(25)34/h9-19,21-24,28-32,35H,20H2,1-8H3/t28?,29?,30-,31?,32-/m1/s1. The van der Waals surface area contributed by atoms with Crippen molar-refractivity contribution in [3.05, 3.63) is 72.4 Å². The second-order valence-electron chi connectivity index (χ2n) is 13.1. The number of ether oxygens (including phenoxy) is 2. The van der Waals surface area contributed by atoms with Crippen LogP contribution in [0.25, 0.3) is 10.9 Å². The van der Waals surface area contributed by atoms with Gasteiger partial charge in [-0.3, -0.25) is 0 Å². The Morgan fingerprint density at radius 2 is 1.47 bits per heavy atom. The number of carbonyl (C=O) groups is 1. The normalized spacial score (nSPS) is 27.3. The van der Waals surface area contributed by atoms with Crippen molar-refractivity contribution < 1.29 is 32.3 Å². The van der Waals surface area contributed by atoms with Crippen molar-refractivity contribution in [1.82, 2.24) is 4.57 Å². The molecule has 2 fully saturated rings. The smallest absolute Gasteiger partial charge is 0.338 e. The van der Waals surface area contributed by atoms with Crippen molar-refractivity contribution in [3.63, 3.8) is 0 Å². The molecule has 3 heterocycles. The van der Waals surface area contributed by atoms with E-state index < -0.39 is 53.7 Å². The van der Waals surface area contributed by atoms with Crippen LogP contribution in [0, 0.1) is 0 Å². The summed E-state index contributed by atoms with van der Waals surface area (Å²) < 4.78 is 36.3. The molecule has 2 aromatic carbocycles. The van der Waals surface area contributed by atoms with E-state index in [1.54, 1.807) is 24.3 Å². The van der Waals surface area contributed by atoms with Crippen LogP contribution in [0.5, 0.6) is 0 Å². The largest absolute Gasteiger partial charge is 0.451 e. The number of benzene rings is 2. The van der Waals surface area contributed by atoms with Crippen molar-refractivity contribution in [2.45, 2.75) is 108 Å². The van der Waals surface area contributed by atoms with Gasteiger partial charge in [0.05, 0.1) is 17.7 Å². The van der Waals surface area contributed by atoms with E-state index in [1.165, 1.54) is 0 Å². The highest BCUT2D eigenvalue weighted by Gasteiger charge is 2.62. The van der Waals surface area contributed by atoms with E-state index in [9.17, 15) is 9.90 Å². The van der Waals surface area contributed by atoms with E-state index in [-0.39, 0.29) is 28.8 Å². The first kappa shape index (κ1) is 32.1. The molecule has 3 unspecified atom stereocenters. The molecule has 1 N–H and O–H groups in total. The molecule has 10 heteroatoms. The molecule has 2 saturated heterocycles. The predicted octanol–water partition coefficient (Wildman–Crippen LogP) is 7.08. The predicted molar refractivity (Wildman–Crippen MR) is 171 cm³/mol. The van der Waals surface area contributed by atoms with Crippen molar-refractivity contribution in [3.8, 4) is 0 Å². The van der Waals surface area contributed by atoms with E-state index >= 15 is 0 Å². The average Bonchev–Trinajstić information content (AvgIpc) is 3.39. The molecule has 0 bridgehead atoms. The number of rotatable bonds is 7. The molecular weight excluding hydrogens is 579 g/mol. The van der Waals surface area contributed by atoms with E-state index in [4.69, 9.17) is 22.4 Å². The summed E-state index contributed by atoms with van der Waals surface area (Å²) in [5, 5.41) is 13.2. The molecule has 3 aromatic rings. The molecule has 2 aliphatic heterocycles. The number of hydrogen-bond acceptors (Lipinski definition) is 7. The van der Waals surface area contributed by atoms with Crippen molar-refractivity contribution in [2.24, 2.45) is 0 Å². The van der Waals surface area contributed by atoms with Gasteiger partial charge in [-0.1, -0.05) is 91.8 Å². The van der Waals surface area contributed by atoms with Crippen LogP contribution < -0.4 is 0 Å². The Morgan fingerprint density at radius 1 is 0.860 bits per heavy atom. The highest BCUT2D eigenvalue weighted by atomic mass is 28.5. The Balaban J connectivity index is 1.61. The van der Waals surface area contributed by atoms with Crippen LogP contribution in [-0.4, -0.2) is 63.8 Å². The first-order chi connectivity index (χ1) is 20.4. The van der Waals surface area contributed by atoms with Gasteiger partial charge in [0.2, 0.25) is 0 Å². The van der Waals surface area contributed by atoms with Crippen LogP contribution in [0.3, 0.4) is 0 Å². The molecule has 0 amide bonds. The molecule has 0 saturated carbocycles. The van der Waals surface area contributed by atoms with Crippen LogP contribution in [0.2, 0.25) is 22.2 Å². The van der Waals surface area contributed by atoms with Gasteiger partial charge in [-0.25, -0.2) is 4.79 Å².